The van der Waals surface area contributed by atoms with Crippen LogP contribution in [-0.4, -0.2) is 74.6 Å². The third-order valence-electron chi connectivity index (χ3n) is 5.98. The third-order valence-corrected chi connectivity index (χ3v) is 7.82. The van der Waals surface area contributed by atoms with E-state index in [4.69, 9.17) is 29.5 Å². The minimum atomic E-state index is -4.12. The molecule has 4 rings (SSSR count). The van der Waals surface area contributed by atoms with Crippen LogP contribution < -0.4 is 11.1 Å². The molecule has 0 aromatic heterocycles. The Morgan fingerprint density at radius 2 is 1.92 bits per heavy atom. The lowest BCUT2D eigenvalue weighted by Crippen LogP contribution is -2.51. The maximum atomic E-state index is 13.6. The molecule has 208 valence electrons. The van der Waals surface area contributed by atoms with Gasteiger partial charge in [0.05, 0.1) is 42.9 Å². The van der Waals surface area contributed by atoms with Crippen molar-refractivity contribution < 1.29 is 42.1 Å². The van der Waals surface area contributed by atoms with Crippen molar-refractivity contribution in [1.29, 1.82) is 0 Å². The molecule has 2 heterocycles. The monoisotopic (exact) mass is 554 g/mol. The molecule has 2 fully saturated rings. The van der Waals surface area contributed by atoms with Gasteiger partial charge in [0.1, 0.15) is 6.10 Å². The van der Waals surface area contributed by atoms with Gasteiger partial charge in [-0.1, -0.05) is 44.2 Å². The summed E-state index contributed by atoms with van der Waals surface area (Å²) in [6, 6.07) is 13.0. The summed E-state index contributed by atoms with van der Waals surface area (Å²) in [5.74, 6) is -2.17. The lowest BCUT2D eigenvalue weighted by Gasteiger charge is -2.31. The first-order valence-corrected chi connectivity index (χ1v) is 13.6. The number of carbonyl (C=O) groups excluding carboxylic acids is 1. The number of aliphatic hydroxyl groups is 1. The molecule has 0 saturated carbocycles. The van der Waals surface area contributed by atoms with Crippen LogP contribution in [0.15, 0.2) is 59.5 Å². The Balaban J connectivity index is 1.60. The first kappa shape index (κ1) is 20.2. The van der Waals surface area contributed by atoms with Crippen LogP contribution in [0.2, 0.25) is 0 Å². The summed E-state index contributed by atoms with van der Waals surface area (Å²) >= 11 is 0. The summed E-state index contributed by atoms with van der Waals surface area (Å²) in [5, 5.41) is 13.8. The first-order chi connectivity index (χ1) is 20.7. The largest absolute Gasteiger partial charge is 0.443 e. The molecule has 0 spiro atoms. The highest BCUT2D eigenvalue weighted by Gasteiger charge is 2.44. The number of alkyl carbamates (subject to hydrolysis) is 1. The molecule has 0 bridgehead atoms. The van der Waals surface area contributed by atoms with Crippen molar-refractivity contribution in [3.63, 3.8) is 0 Å². The number of ether oxygens (including phenoxy) is 3. The van der Waals surface area contributed by atoms with Gasteiger partial charge in [-0.25, -0.2) is 13.2 Å². The Hall–Kier alpha value is -2.70. The molecule has 4 N–H and O–H groups in total. The molecule has 2 saturated heterocycles. The fourth-order valence-corrected chi connectivity index (χ4v) is 5.70. The van der Waals surface area contributed by atoms with Crippen LogP contribution >= 0.6 is 0 Å². The molecule has 0 radical (unpaired) electrons. The Labute approximate surface area is 233 Å². The van der Waals surface area contributed by atoms with Gasteiger partial charge in [-0.05, 0) is 48.5 Å². The molecular formula is C27H37N3O7S. The standard InChI is InChI=1S/C27H37N3O7S/c1-18(2)15-30(38(33,34)21-10-8-20(28)9-11-21)16-24(31)23(14-19-6-4-3-5-7-19)29-27(32)37-25-17-36-26-22(25)12-13-35-26/h3-11,18,22-26,31H,12-17,28H2,1-2H3,(H,29,32)/t22-,23-,24+,25-,26+/m0/s1/i12D2,13D2,17D2,26D. The van der Waals surface area contributed by atoms with Crippen LogP contribution in [-0.2, 0) is 30.7 Å². The maximum Gasteiger partial charge on any atom is 0.407 e. The lowest BCUT2D eigenvalue weighted by atomic mass is 10.0. The van der Waals surface area contributed by atoms with E-state index in [9.17, 15) is 18.3 Å². The average molecular weight is 555 g/mol. The highest BCUT2D eigenvalue weighted by atomic mass is 32.2. The van der Waals surface area contributed by atoms with Crippen molar-refractivity contribution in [1.82, 2.24) is 9.62 Å². The number of carbonyl (C=O) groups is 1. The zero-order valence-electron chi connectivity index (χ0n) is 28.0. The highest BCUT2D eigenvalue weighted by molar-refractivity contribution is 7.89. The second kappa shape index (κ2) is 12.4. The van der Waals surface area contributed by atoms with E-state index in [1.54, 1.807) is 44.2 Å². The number of hydrogen-bond acceptors (Lipinski definition) is 8. The number of amides is 1. The van der Waals surface area contributed by atoms with Crippen LogP contribution in [0.4, 0.5) is 10.5 Å². The van der Waals surface area contributed by atoms with Crippen molar-refractivity contribution in [2.24, 2.45) is 11.8 Å². The van der Waals surface area contributed by atoms with E-state index in [1.807, 2.05) is 0 Å². The van der Waals surface area contributed by atoms with Crippen LogP contribution in [0.25, 0.3) is 0 Å². The van der Waals surface area contributed by atoms with Gasteiger partial charge in [0.2, 0.25) is 10.0 Å². The van der Waals surface area contributed by atoms with Gasteiger partial charge >= 0.3 is 6.09 Å². The predicted octanol–water partition coefficient (Wildman–Crippen LogP) is 2.38. The average Bonchev–Trinajstić information content (AvgIpc) is 3.19. The first-order valence-electron chi connectivity index (χ1n) is 15.6. The quantitative estimate of drug-likeness (QED) is 0.360. The molecule has 2 aromatic carbocycles. The van der Waals surface area contributed by atoms with Gasteiger partial charge in [0.25, 0.3) is 0 Å². The number of rotatable bonds is 11. The zero-order valence-corrected chi connectivity index (χ0v) is 21.9. The topological polar surface area (TPSA) is 140 Å². The van der Waals surface area contributed by atoms with Gasteiger partial charge in [-0.2, -0.15) is 4.31 Å². The summed E-state index contributed by atoms with van der Waals surface area (Å²) in [5.41, 5.74) is 6.73. The van der Waals surface area contributed by atoms with E-state index in [1.165, 1.54) is 24.3 Å². The maximum absolute atomic E-state index is 13.6. The van der Waals surface area contributed by atoms with Crippen molar-refractivity contribution in [2.75, 3.05) is 31.9 Å². The molecule has 0 unspecified atom stereocenters. The number of benzene rings is 2. The van der Waals surface area contributed by atoms with Gasteiger partial charge < -0.3 is 30.4 Å². The van der Waals surface area contributed by atoms with Gasteiger partial charge in [0, 0.05) is 21.5 Å². The van der Waals surface area contributed by atoms with E-state index in [0.717, 1.165) is 4.31 Å². The van der Waals surface area contributed by atoms with Gasteiger partial charge in [0.15, 0.2) is 6.27 Å². The van der Waals surface area contributed by atoms with E-state index in [-0.39, 0.29) is 23.8 Å². The second-order valence-electron chi connectivity index (χ2n) is 9.48. The fourth-order valence-electron chi connectivity index (χ4n) is 4.08. The smallest absolute Gasteiger partial charge is 0.407 e. The number of fused-ring (bicyclic) bond motifs is 1. The molecule has 10 nitrogen and oxygen atoms in total. The Kier molecular flexibility index (Phi) is 6.62. The van der Waals surface area contributed by atoms with Crippen molar-refractivity contribution in [3.05, 3.63) is 60.2 Å². The number of nitrogens with one attached hydrogen (secondary N) is 1. The SMILES string of the molecule is [2H]C1([2H])O[C@@]2([2H])OC([2H])([2H])C([2H])([2H])[C@H]2[C@H]1OC(=O)N[C@@H](Cc1ccccc1)[C@H](O)CN(CC(C)C)S(=O)(=O)c1ccc(N)cc1. The number of hydrogen-bond donors (Lipinski definition) is 3. The third kappa shape index (κ3) is 7.03. The molecule has 2 aliphatic rings. The molecule has 0 aliphatic carbocycles. The normalized spacial score (nSPS) is 31.4. The minimum Gasteiger partial charge on any atom is -0.443 e. The van der Waals surface area contributed by atoms with Crippen molar-refractivity contribution in [3.8, 4) is 0 Å². The fraction of sp³-hybridized carbons (Fsp3) is 0.519. The second-order valence-corrected chi connectivity index (χ2v) is 11.4. The molecule has 38 heavy (non-hydrogen) atoms. The van der Waals surface area contributed by atoms with E-state index in [0.29, 0.717) is 11.3 Å². The van der Waals surface area contributed by atoms with Crippen LogP contribution in [0.5, 0.6) is 0 Å². The Bertz CT molecular complexity index is 1470. The molecule has 1 amide bonds. The van der Waals surface area contributed by atoms with Crippen LogP contribution in [0.1, 0.15) is 35.4 Å². The molecule has 11 heteroatoms. The lowest BCUT2D eigenvalue weighted by molar-refractivity contribution is -0.0907. The summed E-state index contributed by atoms with van der Waals surface area (Å²) in [4.78, 5) is 13.2. The number of anilines is 1. The predicted molar refractivity (Wildman–Crippen MR) is 142 cm³/mol. The van der Waals surface area contributed by atoms with Crippen LogP contribution in [0, 0.1) is 11.8 Å². The van der Waals surface area contributed by atoms with Crippen LogP contribution in [0.3, 0.4) is 0 Å². The minimum absolute atomic E-state index is 0.0130. The van der Waals surface area contributed by atoms with Crippen molar-refractivity contribution >= 4 is 21.8 Å². The van der Waals surface area contributed by atoms with E-state index in [2.05, 4.69) is 5.32 Å². The van der Waals surface area contributed by atoms with E-state index >= 15 is 0 Å². The number of nitrogens with two attached hydrogens (primary N) is 1. The Morgan fingerprint density at radius 3 is 2.61 bits per heavy atom. The molecule has 2 aromatic rings. The summed E-state index contributed by atoms with van der Waals surface area (Å²) in [6.45, 7) is -2.83. The van der Waals surface area contributed by atoms with Gasteiger partial charge in [-0.3, -0.25) is 0 Å². The van der Waals surface area contributed by atoms with Crippen molar-refractivity contribution in [2.45, 2.75) is 56.1 Å². The summed E-state index contributed by atoms with van der Waals surface area (Å²) < 4.78 is 99.9. The number of nitrogens with zero attached hydrogens (tertiary/aromatic N) is 1. The summed E-state index contributed by atoms with van der Waals surface area (Å²) in [7, 11) is -4.12. The summed E-state index contributed by atoms with van der Waals surface area (Å²) in [6.07, 6.45) is -10.8. The number of nitrogen functional groups attached to an aromatic ring is 1. The number of aliphatic hydroxyl groups excluding tert-OH is 1. The van der Waals surface area contributed by atoms with E-state index < -0.39 is 72.6 Å². The van der Waals surface area contributed by atoms with Gasteiger partial charge in [-0.15, -0.1) is 0 Å². The Morgan fingerprint density at radius 1 is 1.21 bits per heavy atom. The molecule has 2 aliphatic heterocycles. The number of sulfonamides is 1. The zero-order chi connectivity index (χ0) is 33.6. The highest BCUT2D eigenvalue weighted by Crippen LogP contribution is 2.33. The molecule has 5 atom stereocenters. The molecular weight excluding hydrogens is 510 g/mol.